The summed E-state index contributed by atoms with van der Waals surface area (Å²) in [6.45, 7) is 5.73. The molecule has 0 aliphatic carbocycles. The lowest BCUT2D eigenvalue weighted by molar-refractivity contribution is 0.102. The van der Waals surface area contributed by atoms with E-state index in [0.29, 0.717) is 22.1 Å². The highest BCUT2D eigenvalue weighted by molar-refractivity contribution is 7.99. The van der Waals surface area contributed by atoms with Gasteiger partial charge < -0.3 is 5.32 Å². The standard InChI is InChI=1S/C22H19FN6OS/c1-13-6-9-20(14(2)11-13)31-22-17(5-4-10-24-22)21(30)25-16-7-8-18(23)19(12-16)29-15(3)26-27-28-29/h4-12H,1-3H3,(H,25,30). The number of carbonyl (C=O) groups is 1. The number of hydrogen-bond donors (Lipinski definition) is 1. The van der Waals surface area contributed by atoms with Gasteiger partial charge in [0.25, 0.3) is 5.91 Å². The summed E-state index contributed by atoms with van der Waals surface area (Å²) < 4.78 is 15.6. The van der Waals surface area contributed by atoms with Gasteiger partial charge >= 0.3 is 0 Å². The van der Waals surface area contributed by atoms with Gasteiger partial charge in [-0.25, -0.2) is 9.37 Å². The number of pyridine rings is 1. The van der Waals surface area contributed by atoms with Crippen LogP contribution in [-0.2, 0) is 0 Å². The molecule has 0 unspecified atom stereocenters. The predicted molar refractivity (Wildman–Crippen MR) is 116 cm³/mol. The number of amides is 1. The molecule has 1 amide bonds. The third-order valence-electron chi connectivity index (χ3n) is 4.61. The molecule has 0 aliphatic heterocycles. The highest BCUT2D eigenvalue weighted by Gasteiger charge is 2.16. The van der Waals surface area contributed by atoms with Crippen molar-refractivity contribution in [3.05, 3.63) is 83.1 Å². The molecule has 31 heavy (non-hydrogen) atoms. The Morgan fingerprint density at radius 3 is 2.68 bits per heavy atom. The van der Waals surface area contributed by atoms with Crippen LogP contribution in [0.2, 0.25) is 0 Å². The predicted octanol–water partition coefficient (Wildman–Crippen LogP) is 4.53. The molecular weight excluding hydrogens is 415 g/mol. The summed E-state index contributed by atoms with van der Waals surface area (Å²) >= 11 is 1.43. The van der Waals surface area contributed by atoms with Gasteiger partial charge in [0.2, 0.25) is 0 Å². The molecule has 0 radical (unpaired) electrons. The van der Waals surface area contributed by atoms with Gasteiger partial charge in [-0.1, -0.05) is 29.5 Å². The van der Waals surface area contributed by atoms with Crippen molar-refractivity contribution in [2.24, 2.45) is 0 Å². The Labute approximate surface area is 182 Å². The number of aryl methyl sites for hydroxylation is 3. The number of nitrogens with zero attached hydrogens (tertiary/aromatic N) is 5. The van der Waals surface area contributed by atoms with Crippen LogP contribution in [0.25, 0.3) is 5.69 Å². The van der Waals surface area contributed by atoms with Crippen LogP contribution in [-0.4, -0.2) is 31.1 Å². The number of carbonyl (C=O) groups excluding carboxylic acids is 1. The second-order valence-corrected chi connectivity index (χ2v) is 8.02. The molecule has 156 valence electrons. The highest BCUT2D eigenvalue weighted by atomic mass is 32.2. The lowest BCUT2D eigenvalue weighted by Crippen LogP contribution is -2.14. The second kappa shape index (κ2) is 8.65. The zero-order valence-electron chi connectivity index (χ0n) is 17.1. The van der Waals surface area contributed by atoms with Crippen molar-refractivity contribution in [3.63, 3.8) is 0 Å². The number of benzene rings is 2. The monoisotopic (exact) mass is 434 g/mol. The number of tetrazole rings is 1. The topological polar surface area (TPSA) is 85.6 Å². The van der Waals surface area contributed by atoms with Crippen LogP contribution in [0.4, 0.5) is 10.1 Å². The molecule has 0 fully saturated rings. The molecule has 0 atom stereocenters. The lowest BCUT2D eigenvalue weighted by atomic mass is 10.2. The maximum atomic E-state index is 14.3. The van der Waals surface area contributed by atoms with Gasteiger partial charge in [-0.2, -0.15) is 4.68 Å². The van der Waals surface area contributed by atoms with E-state index in [-0.39, 0.29) is 11.6 Å². The first-order valence-electron chi connectivity index (χ1n) is 9.49. The summed E-state index contributed by atoms with van der Waals surface area (Å²) in [5.41, 5.74) is 3.28. The van der Waals surface area contributed by atoms with Gasteiger partial charge in [0, 0.05) is 16.8 Å². The second-order valence-electron chi connectivity index (χ2n) is 6.99. The smallest absolute Gasteiger partial charge is 0.258 e. The van der Waals surface area contributed by atoms with E-state index in [1.807, 2.05) is 26.0 Å². The van der Waals surface area contributed by atoms with Gasteiger partial charge in [0.1, 0.15) is 16.5 Å². The molecule has 2 aromatic heterocycles. The van der Waals surface area contributed by atoms with E-state index in [0.717, 1.165) is 10.5 Å². The normalized spacial score (nSPS) is 10.8. The number of nitrogens with one attached hydrogen (secondary N) is 1. The third kappa shape index (κ3) is 4.46. The fourth-order valence-electron chi connectivity index (χ4n) is 3.07. The fourth-order valence-corrected chi connectivity index (χ4v) is 4.02. The number of rotatable bonds is 5. The van der Waals surface area contributed by atoms with E-state index in [1.165, 1.54) is 40.2 Å². The summed E-state index contributed by atoms with van der Waals surface area (Å²) in [5.74, 6) is -0.408. The van der Waals surface area contributed by atoms with Crippen LogP contribution < -0.4 is 5.32 Å². The van der Waals surface area contributed by atoms with Crippen molar-refractivity contribution in [2.45, 2.75) is 30.7 Å². The minimum atomic E-state index is -0.499. The van der Waals surface area contributed by atoms with Crippen LogP contribution in [0.15, 0.2) is 64.6 Å². The zero-order chi connectivity index (χ0) is 22.0. The quantitative estimate of drug-likeness (QED) is 0.497. The van der Waals surface area contributed by atoms with E-state index in [2.05, 4.69) is 31.9 Å². The van der Waals surface area contributed by atoms with Gasteiger partial charge in [-0.15, -0.1) is 5.10 Å². The molecule has 9 heteroatoms. The number of halogens is 1. The molecule has 2 aromatic carbocycles. The van der Waals surface area contributed by atoms with Crippen molar-refractivity contribution in [1.29, 1.82) is 0 Å². The largest absolute Gasteiger partial charge is 0.322 e. The minimum Gasteiger partial charge on any atom is -0.322 e. The summed E-state index contributed by atoms with van der Waals surface area (Å²) in [4.78, 5) is 18.4. The Hall–Kier alpha value is -3.59. The maximum absolute atomic E-state index is 14.3. The Balaban J connectivity index is 1.61. The van der Waals surface area contributed by atoms with Crippen LogP contribution in [0.5, 0.6) is 0 Å². The summed E-state index contributed by atoms with van der Waals surface area (Å²) in [5, 5.41) is 14.5. The first-order chi connectivity index (χ1) is 14.9. The molecule has 7 nitrogen and oxygen atoms in total. The fraction of sp³-hybridized carbons (Fsp3) is 0.136. The molecule has 2 heterocycles. The molecule has 0 saturated heterocycles. The van der Waals surface area contributed by atoms with Crippen molar-refractivity contribution in [2.75, 3.05) is 5.32 Å². The van der Waals surface area contributed by atoms with Crippen LogP contribution >= 0.6 is 11.8 Å². The summed E-state index contributed by atoms with van der Waals surface area (Å²) in [7, 11) is 0. The molecule has 0 bridgehead atoms. The van der Waals surface area contributed by atoms with Gasteiger partial charge in [-0.05, 0) is 73.2 Å². The van der Waals surface area contributed by atoms with Crippen LogP contribution in [0.3, 0.4) is 0 Å². The van der Waals surface area contributed by atoms with E-state index in [1.54, 1.807) is 25.3 Å². The maximum Gasteiger partial charge on any atom is 0.258 e. The summed E-state index contributed by atoms with van der Waals surface area (Å²) in [6, 6.07) is 13.8. The zero-order valence-corrected chi connectivity index (χ0v) is 17.9. The molecule has 0 spiro atoms. The highest BCUT2D eigenvalue weighted by Crippen LogP contribution is 2.32. The SMILES string of the molecule is Cc1ccc(Sc2ncccc2C(=O)Nc2ccc(F)c(-n3nnnc3C)c2)c(C)c1. The van der Waals surface area contributed by atoms with Crippen molar-refractivity contribution in [3.8, 4) is 5.69 Å². The van der Waals surface area contributed by atoms with Gasteiger partial charge in [-0.3, -0.25) is 4.79 Å². The van der Waals surface area contributed by atoms with Crippen molar-refractivity contribution < 1.29 is 9.18 Å². The van der Waals surface area contributed by atoms with Crippen molar-refractivity contribution in [1.82, 2.24) is 25.2 Å². The Bertz CT molecular complexity index is 1270. The van der Waals surface area contributed by atoms with Gasteiger partial charge in [0.05, 0.1) is 5.56 Å². The van der Waals surface area contributed by atoms with E-state index in [9.17, 15) is 9.18 Å². The average molecular weight is 435 g/mol. The van der Waals surface area contributed by atoms with Crippen LogP contribution in [0.1, 0.15) is 27.3 Å². The Morgan fingerprint density at radius 1 is 1.10 bits per heavy atom. The number of hydrogen-bond acceptors (Lipinski definition) is 6. The first-order valence-corrected chi connectivity index (χ1v) is 10.3. The average Bonchev–Trinajstić information content (AvgIpc) is 3.17. The van der Waals surface area contributed by atoms with E-state index < -0.39 is 5.82 Å². The Kier molecular flexibility index (Phi) is 5.77. The van der Waals surface area contributed by atoms with E-state index >= 15 is 0 Å². The molecule has 1 N–H and O–H groups in total. The molecule has 4 aromatic rings. The van der Waals surface area contributed by atoms with Crippen molar-refractivity contribution >= 4 is 23.4 Å². The number of aromatic nitrogens is 5. The molecule has 4 rings (SSSR count). The minimum absolute atomic E-state index is 0.149. The van der Waals surface area contributed by atoms with Gasteiger partial charge in [0.15, 0.2) is 5.82 Å². The van der Waals surface area contributed by atoms with Crippen LogP contribution in [0, 0.1) is 26.6 Å². The van der Waals surface area contributed by atoms with E-state index in [4.69, 9.17) is 0 Å². The third-order valence-corrected chi connectivity index (χ3v) is 5.81. The first kappa shape index (κ1) is 20.7. The lowest BCUT2D eigenvalue weighted by Gasteiger charge is -2.12. The summed E-state index contributed by atoms with van der Waals surface area (Å²) in [6.07, 6.45) is 1.65. The number of anilines is 1. The molecule has 0 saturated carbocycles. The molecule has 0 aliphatic rings. The molecular formula is C22H19FN6OS. The Morgan fingerprint density at radius 2 is 1.94 bits per heavy atom.